The van der Waals surface area contributed by atoms with Crippen molar-refractivity contribution in [3.05, 3.63) is 42.1 Å². The lowest BCUT2D eigenvalue weighted by Crippen LogP contribution is -2.40. The van der Waals surface area contributed by atoms with E-state index in [4.69, 9.17) is 5.73 Å². The summed E-state index contributed by atoms with van der Waals surface area (Å²) in [7, 11) is 0. The molecule has 4 atom stereocenters. The molecule has 2 aliphatic rings. The largest absolute Gasteiger partial charge is 0.327 e. The Bertz CT molecular complexity index is 674. The first-order valence-electron chi connectivity index (χ1n) is 7.39. The van der Waals surface area contributed by atoms with Crippen LogP contribution >= 0.6 is 0 Å². The Morgan fingerprint density at radius 1 is 1.15 bits per heavy atom. The second kappa shape index (κ2) is 4.38. The monoisotopic (exact) mass is 266 g/mol. The van der Waals surface area contributed by atoms with Gasteiger partial charge in [-0.15, -0.1) is 0 Å². The average Bonchev–Trinajstić information content (AvgIpc) is 3.07. The van der Waals surface area contributed by atoms with E-state index in [1.165, 1.54) is 6.42 Å². The fourth-order valence-electron chi connectivity index (χ4n) is 4.21. The van der Waals surface area contributed by atoms with E-state index in [0.29, 0.717) is 11.8 Å². The summed E-state index contributed by atoms with van der Waals surface area (Å²) >= 11 is 0. The van der Waals surface area contributed by atoms with Crippen molar-refractivity contribution in [3.63, 3.8) is 0 Å². The van der Waals surface area contributed by atoms with Crippen LogP contribution in [-0.2, 0) is 0 Å². The molecule has 2 N–H and O–H groups in total. The summed E-state index contributed by atoms with van der Waals surface area (Å²) in [5.74, 6) is 1.24. The van der Waals surface area contributed by atoms with Crippen LogP contribution in [0.1, 0.15) is 29.6 Å². The van der Waals surface area contributed by atoms with Gasteiger partial charge in [-0.3, -0.25) is 9.78 Å². The molecule has 2 saturated carbocycles. The summed E-state index contributed by atoms with van der Waals surface area (Å²) < 4.78 is 0. The first-order valence-corrected chi connectivity index (χ1v) is 7.39. The Morgan fingerprint density at radius 3 is 2.75 bits per heavy atom. The molecule has 1 aromatic carbocycles. The lowest BCUT2D eigenvalue weighted by Gasteiger charge is -2.27. The number of benzene rings is 1. The van der Waals surface area contributed by atoms with Crippen molar-refractivity contribution in [2.24, 2.45) is 23.5 Å². The van der Waals surface area contributed by atoms with Crippen molar-refractivity contribution < 1.29 is 4.79 Å². The van der Waals surface area contributed by atoms with Gasteiger partial charge in [0.05, 0.1) is 5.52 Å². The minimum atomic E-state index is 0.00126. The van der Waals surface area contributed by atoms with Crippen LogP contribution in [0.3, 0.4) is 0 Å². The third kappa shape index (κ3) is 1.63. The van der Waals surface area contributed by atoms with Gasteiger partial charge >= 0.3 is 0 Å². The van der Waals surface area contributed by atoms with E-state index in [1.54, 1.807) is 6.20 Å². The SMILES string of the molecule is NC1C2CCC(C2)C1C(=O)c1cccc2cccnc12. The van der Waals surface area contributed by atoms with Gasteiger partial charge in [0.2, 0.25) is 0 Å². The molecule has 1 heterocycles. The maximum atomic E-state index is 12.9. The fraction of sp³-hybridized carbons (Fsp3) is 0.412. The number of rotatable bonds is 2. The molecule has 2 aliphatic carbocycles. The molecule has 3 heteroatoms. The molecule has 4 rings (SSSR count). The number of hydrogen-bond donors (Lipinski definition) is 1. The van der Waals surface area contributed by atoms with Crippen molar-refractivity contribution in [2.75, 3.05) is 0 Å². The van der Waals surface area contributed by atoms with Crippen LogP contribution in [0.5, 0.6) is 0 Å². The smallest absolute Gasteiger partial charge is 0.169 e. The number of carbonyl (C=O) groups is 1. The van der Waals surface area contributed by atoms with Gasteiger partial charge in [0.15, 0.2) is 5.78 Å². The third-order valence-electron chi connectivity index (χ3n) is 5.18. The summed E-state index contributed by atoms with van der Waals surface area (Å²) in [6, 6.07) is 9.78. The van der Waals surface area contributed by atoms with E-state index in [-0.39, 0.29) is 17.7 Å². The second-order valence-electron chi connectivity index (χ2n) is 6.18. The number of ketones is 1. The minimum Gasteiger partial charge on any atom is -0.327 e. The van der Waals surface area contributed by atoms with E-state index in [0.717, 1.165) is 29.3 Å². The molecule has 2 bridgehead atoms. The minimum absolute atomic E-state index is 0.00126. The van der Waals surface area contributed by atoms with Crippen LogP contribution in [0.15, 0.2) is 36.5 Å². The molecule has 0 aliphatic heterocycles. The molecule has 1 aromatic heterocycles. The summed E-state index contributed by atoms with van der Waals surface area (Å²) in [6.45, 7) is 0. The lowest BCUT2D eigenvalue weighted by molar-refractivity contribution is 0.0858. The van der Waals surface area contributed by atoms with Gasteiger partial charge < -0.3 is 5.73 Å². The number of nitrogens with two attached hydrogens (primary N) is 1. The quantitative estimate of drug-likeness (QED) is 0.850. The van der Waals surface area contributed by atoms with E-state index in [9.17, 15) is 4.79 Å². The zero-order chi connectivity index (χ0) is 13.7. The lowest BCUT2D eigenvalue weighted by atomic mass is 9.80. The van der Waals surface area contributed by atoms with E-state index in [1.807, 2.05) is 30.3 Å². The summed E-state index contributed by atoms with van der Waals surface area (Å²) in [4.78, 5) is 17.3. The predicted octanol–water partition coefficient (Wildman–Crippen LogP) is 2.79. The summed E-state index contributed by atoms with van der Waals surface area (Å²) in [5.41, 5.74) is 7.87. The van der Waals surface area contributed by atoms with Gasteiger partial charge in [-0.1, -0.05) is 18.2 Å². The highest BCUT2D eigenvalue weighted by Gasteiger charge is 2.49. The highest BCUT2D eigenvalue weighted by atomic mass is 16.1. The van der Waals surface area contributed by atoms with Crippen molar-refractivity contribution in [1.29, 1.82) is 0 Å². The van der Waals surface area contributed by atoms with Gasteiger partial charge in [0.25, 0.3) is 0 Å². The Hall–Kier alpha value is -1.74. The van der Waals surface area contributed by atoms with Crippen LogP contribution in [0.4, 0.5) is 0 Å². The first-order chi connectivity index (χ1) is 9.75. The van der Waals surface area contributed by atoms with E-state index in [2.05, 4.69) is 4.98 Å². The zero-order valence-corrected chi connectivity index (χ0v) is 11.3. The van der Waals surface area contributed by atoms with Crippen LogP contribution < -0.4 is 5.73 Å². The molecular formula is C17H18N2O. The van der Waals surface area contributed by atoms with Crippen molar-refractivity contribution in [3.8, 4) is 0 Å². The summed E-state index contributed by atoms with van der Waals surface area (Å²) in [5, 5.41) is 1.02. The number of nitrogens with zero attached hydrogens (tertiary/aromatic N) is 1. The number of fused-ring (bicyclic) bond motifs is 3. The molecule has 0 spiro atoms. The Kier molecular flexibility index (Phi) is 2.64. The fourth-order valence-corrected chi connectivity index (χ4v) is 4.21. The summed E-state index contributed by atoms with van der Waals surface area (Å²) in [6.07, 6.45) is 5.24. The molecule has 0 radical (unpaired) electrons. The van der Waals surface area contributed by atoms with Gasteiger partial charge in [-0.25, -0.2) is 0 Å². The molecule has 0 amide bonds. The number of pyridine rings is 1. The highest BCUT2D eigenvalue weighted by molar-refractivity contribution is 6.08. The van der Waals surface area contributed by atoms with E-state index >= 15 is 0 Å². The topological polar surface area (TPSA) is 56.0 Å². The van der Waals surface area contributed by atoms with Crippen LogP contribution in [0, 0.1) is 17.8 Å². The van der Waals surface area contributed by atoms with E-state index < -0.39 is 0 Å². The van der Waals surface area contributed by atoms with Crippen molar-refractivity contribution in [2.45, 2.75) is 25.3 Å². The zero-order valence-electron chi connectivity index (χ0n) is 11.3. The normalized spacial score (nSPS) is 31.9. The predicted molar refractivity (Wildman–Crippen MR) is 78.4 cm³/mol. The molecule has 20 heavy (non-hydrogen) atoms. The van der Waals surface area contributed by atoms with Crippen LogP contribution in [0.2, 0.25) is 0 Å². The Morgan fingerprint density at radius 2 is 1.95 bits per heavy atom. The highest BCUT2D eigenvalue weighted by Crippen LogP contribution is 2.48. The number of hydrogen-bond acceptors (Lipinski definition) is 3. The molecule has 0 saturated heterocycles. The molecule has 2 aromatic rings. The van der Waals surface area contributed by atoms with Crippen molar-refractivity contribution >= 4 is 16.7 Å². The number of aromatic nitrogens is 1. The van der Waals surface area contributed by atoms with Crippen molar-refractivity contribution in [1.82, 2.24) is 4.98 Å². The average molecular weight is 266 g/mol. The molecule has 2 fully saturated rings. The van der Waals surface area contributed by atoms with Gasteiger partial charge in [-0.2, -0.15) is 0 Å². The molecule has 102 valence electrons. The Balaban J connectivity index is 1.78. The Labute approximate surface area is 118 Å². The molecule has 3 nitrogen and oxygen atoms in total. The number of carbonyl (C=O) groups excluding carboxylic acids is 1. The number of Topliss-reactive ketones (excluding diaryl/α,β-unsaturated/α-hetero) is 1. The maximum absolute atomic E-state index is 12.9. The third-order valence-corrected chi connectivity index (χ3v) is 5.18. The van der Waals surface area contributed by atoms with Gasteiger partial charge in [0, 0.05) is 29.1 Å². The van der Waals surface area contributed by atoms with Gasteiger partial charge in [-0.05, 0) is 43.2 Å². The molecule has 4 unspecified atom stereocenters. The number of para-hydroxylation sites is 1. The standard InChI is InChI=1S/C17H18N2O/c18-15-12-7-6-11(9-12)14(15)17(20)13-5-1-3-10-4-2-8-19-16(10)13/h1-5,8,11-12,14-15H,6-7,9,18H2. The molecular weight excluding hydrogens is 248 g/mol. The van der Waals surface area contributed by atoms with Crippen LogP contribution in [-0.4, -0.2) is 16.8 Å². The van der Waals surface area contributed by atoms with Crippen LogP contribution in [0.25, 0.3) is 10.9 Å². The maximum Gasteiger partial charge on any atom is 0.169 e. The first kappa shape index (κ1) is 12.0. The second-order valence-corrected chi connectivity index (χ2v) is 6.18. The van der Waals surface area contributed by atoms with Gasteiger partial charge in [0.1, 0.15) is 0 Å².